The van der Waals surface area contributed by atoms with Crippen LogP contribution in [0.3, 0.4) is 0 Å². The van der Waals surface area contributed by atoms with E-state index in [2.05, 4.69) is 38.2 Å². The number of anilines is 1. The molecule has 0 saturated carbocycles. The minimum atomic E-state index is -0.421. The molecule has 1 N–H and O–H groups in total. The van der Waals surface area contributed by atoms with Crippen molar-refractivity contribution in [3.8, 4) is 0 Å². The monoisotopic (exact) mass is 318 g/mol. The van der Waals surface area contributed by atoms with Crippen LogP contribution in [0, 0.1) is 5.41 Å². The highest BCUT2D eigenvalue weighted by Crippen LogP contribution is 2.25. The van der Waals surface area contributed by atoms with E-state index in [1.54, 1.807) is 11.8 Å². The molecular formula is C19H30N2O2. The lowest BCUT2D eigenvalue weighted by Gasteiger charge is -2.25. The summed E-state index contributed by atoms with van der Waals surface area (Å²) >= 11 is 0. The minimum absolute atomic E-state index is 0.0101. The highest BCUT2D eigenvalue weighted by Gasteiger charge is 2.21. The predicted octanol–water partition coefficient (Wildman–Crippen LogP) is 3.50. The van der Waals surface area contributed by atoms with Crippen molar-refractivity contribution in [1.29, 1.82) is 0 Å². The molecule has 1 aromatic carbocycles. The van der Waals surface area contributed by atoms with Crippen molar-refractivity contribution in [2.75, 3.05) is 18.0 Å². The summed E-state index contributed by atoms with van der Waals surface area (Å²) in [6, 6.07) is 8.04. The third-order valence-electron chi connectivity index (χ3n) is 3.73. The molecule has 4 heteroatoms. The summed E-state index contributed by atoms with van der Waals surface area (Å²) < 4.78 is 0. The maximum atomic E-state index is 11.9. The number of rotatable bonds is 4. The van der Waals surface area contributed by atoms with Gasteiger partial charge < -0.3 is 10.2 Å². The van der Waals surface area contributed by atoms with Crippen LogP contribution in [0.15, 0.2) is 24.3 Å². The van der Waals surface area contributed by atoms with E-state index in [1.165, 1.54) is 5.56 Å². The molecule has 23 heavy (non-hydrogen) atoms. The van der Waals surface area contributed by atoms with Crippen LogP contribution in [0.4, 0.5) is 5.69 Å². The van der Waals surface area contributed by atoms with Gasteiger partial charge in [-0.2, -0.15) is 0 Å². The Labute approximate surface area is 140 Å². The van der Waals surface area contributed by atoms with E-state index in [4.69, 9.17) is 0 Å². The molecule has 0 atom stereocenters. The van der Waals surface area contributed by atoms with Gasteiger partial charge in [-0.25, -0.2) is 0 Å². The van der Waals surface area contributed by atoms with Crippen LogP contribution in [0.2, 0.25) is 0 Å². The topological polar surface area (TPSA) is 49.4 Å². The lowest BCUT2D eigenvalue weighted by atomic mass is 9.87. The van der Waals surface area contributed by atoms with Gasteiger partial charge in [-0.15, -0.1) is 0 Å². The fraction of sp³-hybridized carbons (Fsp3) is 0.579. The molecule has 0 fully saturated rings. The summed E-state index contributed by atoms with van der Waals surface area (Å²) in [5.41, 5.74) is 1.75. The van der Waals surface area contributed by atoms with Gasteiger partial charge in [-0.3, -0.25) is 9.59 Å². The second-order valence-electron chi connectivity index (χ2n) is 7.97. The first-order valence-electron chi connectivity index (χ1n) is 8.10. The Bertz CT molecular complexity index is 548. The Morgan fingerprint density at radius 3 is 1.91 bits per heavy atom. The molecule has 128 valence electrons. The summed E-state index contributed by atoms with van der Waals surface area (Å²) in [4.78, 5) is 25.5. The van der Waals surface area contributed by atoms with E-state index in [1.807, 2.05) is 32.9 Å². The van der Waals surface area contributed by atoms with Crippen LogP contribution in [0.25, 0.3) is 0 Å². The maximum Gasteiger partial charge on any atom is 0.225 e. The van der Waals surface area contributed by atoms with Crippen LogP contribution in [-0.2, 0) is 15.0 Å². The van der Waals surface area contributed by atoms with E-state index in [9.17, 15) is 9.59 Å². The summed E-state index contributed by atoms with van der Waals surface area (Å²) in [7, 11) is 0. The molecule has 0 heterocycles. The standard InChI is InChI=1S/C19H30N2O2/c1-14(22)21(13-12-20-17(23)19(5,6)7)16-10-8-15(9-11-16)18(2,3)4/h8-11H,12-13H2,1-7H3,(H,20,23). The summed E-state index contributed by atoms with van der Waals surface area (Å²) in [5, 5.41) is 2.88. The molecule has 0 bridgehead atoms. The van der Waals surface area contributed by atoms with Gasteiger partial charge in [0.15, 0.2) is 0 Å². The molecule has 1 aromatic rings. The van der Waals surface area contributed by atoms with E-state index in [0.29, 0.717) is 13.1 Å². The normalized spacial score (nSPS) is 12.0. The Morgan fingerprint density at radius 1 is 1.00 bits per heavy atom. The van der Waals surface area contributed by atoms with E-state index in [0.717, 1.165) is 5.69 Å². The van der Waals surface area contributed by atoms with E-state index in [-0.39, 0.29) is 17.2 Å². The van der Waals surface area contributed by atoms with Gasteiger partial charge in [0, 0.05) is 31.1 Å². The maximum absolute atomic E-state index is 11.9. The zero-order chi connectivity index (χ0) is 17.8. The van der Waals surface area contributed by atoms with Gasteiger partial charge in [0.1, 0.15) is 0 Å². The van der Waals surface area contributed by atoms with Crippen molar-refractivity contribution >= 4 is 17.5 Å². The molecule has 2 amide bonds. The Kier molecular flexibility index (Phi) is 5.98. The first-order valence-corrected chi connectivity index (χ1v) is 8.10. The van der Waals surface area contributed by atoms with Crippen LogP contribution in [-0.4, -0.2) is 24.9 Å². The predicted molar refractivity (Wildman–Crippen MR) is 95.6 cm³/mol. The van der Waals surface area contributed by atoms with E-state index >= 15 is 0 Å². The minimum Gasteiger partial charge on any atom is -0.354 e. The quantitative estimate of drug-likeness (QED) is 0.923. The molecule has 0 unspecified atom stereocenters. The molecule has 0 aliphatic rings. The average Bonchev–Trinajstić information content (AvgIpc) is 2.41. The molecule has 0 spiro atoms. The summed E-state index contributed by atoms with van der Waals surface area (Å²) in [6.07, 6.45) is 0. The fourth-order valence-corrected chi connectivity index (χ4v) is 2.16. The molecule has 0 aliphatic carbocycles. The molecule has 4 nitrogen and oxygen atoms in total. The first kappa shape index (κ1) is 19.2. The number of nitrogens with zero attached hydrogens (tertiary/aromatic N) is 1. The number of benzene rings is 1. The fourth-order valence-electron chi connectivity index (χ4n) is 2.16. The summed E-state index contributed by atoms with van der Waals surface area (Å²) in [6.45, 7) is 14.5. The lowest BCUT2D eigenvalue weighted by molar-refractivity contribution is -0.128. The third-order valence-corrected chi connectivity index (χ3v) is 3.73. The number of carbonyl (C=O) groups excluding carboxylic acids is 2. The summed E-state index contributed by atoms with van der Waals surface area (Å²) in [5.74, 6) is -0.0393. The van der Waals surface area contributed by atoms with Gasteiger partial charge >= 0.3 is 0 Å². The molecule has 1 rings (SSSR count). The Morgan fingerprint density at radius 2 is 1.52 bits per heavy atom. The van der Waals surface area contributed by atoms with Gasteiger partial charge in [0.25, 0.3) is 0 Å². The van der Waals surface area contributed by atoms with Gasteiger partial charge in [0.2, 0.25) is 11.8 Å². The Hall–Kier alpha value is -1.84. The zero-order valence-corrected chi connectivity index (χ0v) is 15.5. The van der Waals surface area contributed by atoms with Crippen molar-refractivity contribution < 1.29 is 9.59 Å². The third kappa shape index (κ3) is 5.70. The molecule has 0 radical (unpaired) electrons. The number of amides is 2. The van der Waals surface area contributed by atoms with Crippen LogP contribution >= 0.6 is 0 Å². The highest BCUT2D eigenvalue weighted by atomic mass is 16.2. The molecule has 0 aromatic heterocycles. The van der Waals surface area contributed by atoms with E-state index < -0.39 is 5.41 Å². The van der Waals surface area contributed by atoms with Gasteiger partial charge in [-0.05, 0) is 23.1 Å². The highest BCUT2D eigenvalue weighted by molar-refractivity contribution is 5.91. The van der Waals surface area contributed by atoms with Crippen molar-refractivity contribution in [3.05, 3.63) is 29.8 Å². The molecule has 0 saturated heterocycles. The smallest absolute Gasteiger partial charge is 0.225 e. The van der Waals surface area contributed by atoms with Gasteiger partial charge in [-0.1, -0.05) is 53.7 Å². The van der Waals surface area contributed by atoms with Gasteiger partial charge in [0.05, 0.1) is 0 Å². The zero-order valence-electron chi connectivity index (χ0n) is 15.5. The van der Waals surface area contributed by atoms with Crippen LogP contribution in [0.1, 0.15) is 54.0 Å². The lowest BCUT2D eigenvalue weighted by Crippen LogP contribution is -2.41. The Balaban J connectivity index is 2.76. The number of hydrogen-bond acceptors (Lipinski definition) is 2. The van der Waals surface area contributed by atoms with Crippen molar-refractivity contribution in [2.45, 2.75) is 53.9 Å². The average molecular weight is 318 g/mol. The first-order chi connectivity index (χ1) is 10.4. The second-order valence-corrected chi connectivity index (χ2v) is 7.97. The molecule has 0 aliphatic heterocycles. The number of hydrogen-bond donors (Lipinski definition) is 1. The van der Waals surface area contributed by atoms with Crippen LogP contribution in [0.5, 0.6) is 0 Å². The SMILES string of the molecule is CC(=O)N(CCNC(=O)C(C)(C)C)c1ccc(C(C)(C)C)cc1. The van der Waals surface area contributed by atoms with Crippen LogP contribution < -0.4 is 10.2 Å². The van der Waals surface area contributed by atoms with Crippen molar-refractivity contribution in [2.24, 2.45) is 5.41 Å². The molecular weight excluding hydrogens is 288 g/mol. The number of nitrogens with one attached hydrogen (secondary N) is 1. The van der Waals surface area contributed by atoms with Crippen molar-refractivity contribution in [3.63, 3.8) is 0 Å². The van der Waals surface area contributed by atoms with Crippen molar-refractivity contribution in [1.82, 2.24) is 5.32 Å². The number of carbonyl (C=O) groups is 2. The second kappa shape index (κ2) is 7.16. The largest absolute Gasteiger partial charge is 0.354 e.